The highest BCUT2D eigenvalue weighted by atomic mass is 16.3. The molecule has 0 aliphatic carbocycles. The highest BCUT2D eigenvalue weighted by Crippen LogP contribution is 2.23. The molecule has 2 N–H and O–H groups in total. The number of carbonyl (C=O) groups is 1. The fraction of sp³-hybridized carbons (Fsp3) is 0.167. The van der Waals surface area contributed by atoms with Crippen molar-refractivity contribution in [1.29, 1.82) is 0 Å². The van der Waals surface area contributed by atoms with Crippen molar-refractivity contribution in [2.45, 2.75) is 6.54 Å². The van der Waals surface area contributed by atoms with Gasteiger partial charge in [-0.25, -0.2) is 4.68 Å². The van der Waals surface area contributed by atoms with Crippen LogP contribution < -0.4 is 5.32 Å². The molecule has 0 aliphatic heterocycles. The van der Waals surface area contributed by atoms with Gasteiger partial charge in [-0.1, -0.05) is 65.9 Å². The molecule has 24 heavy (non-hydrogen) atoms. The molecule has 0 atom stereocenters. The number of nitrogens with zero attached hydrogens (tertiary/aromatic N) is 3. The monoisotopic (exact) mass is 322 g/mol. The highest BCUT2D eigenvalue weighted by molar-refractivity contribution is 5.98. The van der Waals surface area contributed by atoms with Crippen LogP contribution in [-0.4, -0.2) is 39.2 Å². The Labute approximate surface area is 139 Å². The molecule has 122 valence electrons. The molecule has 0 saturated carbocycles. The lowest BCUT2D eigenvalue weighted by molar-refractivity contribution is 0.0940. The van der Waals surface area contributed by atoms with Crippen LogP contribution in [0.15, 0.2) is 60.7 Å². The van der Waals surface area contributed by atoms with Gasteiger partial charge in [0.05, 0.1) is 13.2 Å². The Kier molecular flexibility index (Phi) is 4.98. The molecule has 1 heterocycles. The molecule has 0 bridgehead atoms. The lowest BCUT2D eigenvalue weighted by atomic mass is 10.1. The minimum Gasteiger partial charge on any atom is -0.395 e. The highest BCUT2D eigenvalue weighted by Gasteiger charge is 2.20. The van der Waals surface area contributed by atoms with Crippen molar-refractivity contribution in [2.75, 3.05) is 13.2 Å². The van der Waals surface area contributed by atoms with Gasteiger partial charge in [0.1, 0.15) is 5.69 Å². The first-order valence-electron chi connectivity index (χ1n) is 7.71. The van der Waals surface area contributed by atoms with Gasteiger partial charge in [0, 0.05) is 12.1 Å². The predicted molar refractivity (Wildman–Crippen MR) is 90.4 cm³/mol. The van der Waals surface area contributed by atoms with E-state index in [0.717, 1.165) is 11.1 Å². The molecule has 0 aliphatic rings. The Morgan fingerprint density at radius 1 is 1.04 bits per heavy atom. The normalized spacial score (nSPS) is 10.5. The Hall–Kier alpha value is -2.99. The molecule has 3 rings (SSSR count). The lowest BCUT2D eigenvalue weighted by Gasteiger charge is -2.09. The zero-order valence-corrected chi connectivity index (χ0v) is 13.1. The summed E-state index contributed by atoms with van der Waals surface area (Å²) in [4.78, 5) is 12.3. The molecule has 0 saturated heterocycles. The van der Waals surface area contributed by atoms with Gasteiger partial charge in [-0.05, 0) is 5.56 Å². The molecule has 3 aromatic rings. The number of rotatable bonds is 6. The summed E-state index contributed by atoms with van der Waals surface area (Å²) in [6, 6.07) is 19.5. The van der Waals surface area contributed by atoms with Crippen molar-refractivity contribution >= 4 is 5.91 Å². The summed E-state index contributed by atoms with van der Waals surface area (Å²) in [6.07, 6.45) is 0. The number of aromatic nitrogens is 3. The Balaban J connectivity index is 2.00. The van der Waals surface area contributed by atoms with E-state index in [-0.39, 0.29) is 24.8 Å². The first-order chi connectivity index (χ1) is 11.8. The summed E-state index contributed by atoms with van der Waals surface area (Å²) in [5.74, 6) is -0.345. The maximum absolute atomic E-state index is 12.3. The van der Waals surface area contributed by atoms with Crippen LogP contribution in [-0.2, 0) is 6.54 Å². The molecule has 0 radical (unpaired) electrons. The van der Waals surface area contributed by atoms with Crippen LogP contribution in [0.5, 0.6) is 0 Å². The first-order valence-corrected chi connectivity index (χ1v) is 7.71. The average Bonchev–Trinajstić information content (AvgIpc) is 3.05. The van der Waals surface area contributed by atoms with Crippen molar-refractivity contribution in [3.8, 4) is 11.3 Å². The van der Waals surface area contributed by atoms with E-state index in [0.29, 0.717) is 12.2 Å². The maximum atomic E-state index is 12.3. The van der Waals surface area contributed by atoms with E-state index in [1.807, 2.05) is 60.7 Å². The van der Waals surface area contributed by atoms with Gasteiger partial charge in [-0.15, -0.1) is 5.10 Å². The molecule has 1 amide bonds. The smallest absolute Gasteiger partial charge is 0.274 e. The molecule has 1 aromatic heterocycles. The first kappa shape index (κ1) is 15.9. The number of hydrogen-bond acceptors (Lipinski definition) is 4. The lowest BCUT2D eigenvalue weighted by Crippen LogP contribution is -2.27. The van der Waals surface area contributed by atoms with E-state index < -0.39 is 0 Å². The van der Waals surface area contributed by atoms with Crippen molar-refractivity contribution < 1.29 is 9.90 Å². The number of aliphatic hydroxyl groups excluding tert-OH is 1. The van der Waals surface area contributed by atoms with E-state index in [4.69, 9.17) is 5.11 Å². The standard InChI is InChI=1S/C18H18N4O2/c23-12-11-19-18(24)16-17(15-9-5-2-6-10-15)22(21-20-16)13-14-7-3-1-4-8-14/h1-10,23H,11-13H2,(H,19,24). The van der Waals surface area contributed by atoms with Crippen LogP contribution in [0.3, 0.4) is 0 Å². The average molecular weight is 322 g/mol. The fourth-order valence-electron chi connectivity index (χ4n) is 2.47. The van der Waals surface area contributed by atoms with Crippen LogP contribution in [0.25, 0.3) is 11.3 Å². The molecule has 6 nitrogen and oxygen atoms in total. The Morgan fingerprint density at radius 2 is 1.71 bits per heavy atom. The van der Waals surface area contributed by atoms with E-state index >= 15 is 0 Å². The van der Waals surface area contributed by atoms with Gasteiger partial charge >= 0.3 is 0 Å². The van der Waals surface area contributed by atoms with E-state index in [1.54, 1.807) is 4.68 Å². The van der Waals surface area contributed by atoms with Crippen LogP contribution >= 0.6 is 0 Å². The minimum atomic E-state index is -0.345. The van der Waals surface area contributed by atoms with Crippen molar-refractivity contribution in [3.05, 3.63) is 71.9 Å². The van der Waals surface area contributed by atoms with Crippen LogP contribution in [0, 0.1) is 0 Å². The number of benzene rings is 2. The Morgan fingerprint density at radius 3 is 2.38 bits per heavy atom. The van der Waals surface area contributed by atoms with Gasteiger partial charge in [0.2, 0.25) is 0 Å². The quantitative estimate of drug-likeness (QED) is 0.724. The van der Waals surface area contributed by atoms with Crippen molar-refractivity contribution in [1.82, 2.24) is 20.3 Å². The minimum absolute atomic E-state index is 0.120. The summed E-state index contributed by atoms with van der Waals surface area (Å²) in [6.45, 7) is 0.578. The topological polar surface area (TPSA) is 80.0 Å². The van der Waals surface area contributed by atoms with E-state index in [2.05, 4.69) is 15.6 Å². The summed E-state index contributed by atoms with van der Waals surface area (Å²) >= 11 is 0. The Bertz CT molecular complexity index is 800. The molecule has 0 unspecified atom stereocenters. The second-order valence-electron chi connectivity index (χ2n) is 5.28. The predicted octanol–water partition coefficient (Wildman–Crippen LogP) is 1.72. The number of hydrogen-bond donors (Lipinski definition) is 2. The van der Waals surface area contributed by atoms with Crippen LogP contribution in [0.1, 0.15) is 16.1 Å². The third kappa shape index (κ3) is 3.49. The largest absolute Gasteiger partial charge is 0.395 e. The third-order valence-electron chi connectivity index (χ3n) is 3.57. The molecule has 6 heteroatoms. The summed E-state index contributed by atoms with van der Waals surface area (Å²) < 4.78 is 1.72. The second-order valence-corrected chi connectivity index (χ2v) is 5.28. The number of amides is 1. The molecular weight excluding hydrogens is 304 g/mol. The van der Waals surface area contributed by atoms with Gasteiger partial charge in [0.25, 0.3) is 5.91 Å². The molecule has 2 aromatic carbocycles. The van der Waals surface area contributed by atoms with Gasteiger partial charge in [0.15, 0.2) is 5.69 Å². The van der Waals surface area contributed by atoms with Gasteiger partial charge in [-0.2, -0.15) is 0 Å². The van der Waals surface area contributed by atoms with Crippen LogP contribution in [0.4, 0.5) is 0 Å². The molecule has 0 spiro atoms. The summed E-state index contributed by atoms with van der Waals surface area (Å²) in [7, 11) is 0. The molecular formula is C18H18N4O2. The summed E-state index contributed by atoms with van der Waals surface area (Å²) in [5, 5.41) is 19.7. The van der Waals surface area contributed by atoms with Crippen molar-refractivity contribution in [3.63, 3.8) is 0 Å². The van der Waals surface area contributed by atoms with Gasteiger partial charge in [-0.3, -0.25) is 4.79 Å². The van der Waals surface area contributed by atoms with Crippen molar-refractivity contribution in [2.24, 2.45) is 0 Å². The number of nitrogens with one attached hydrogen (secondary N) is 1. The van der Waals surface area contributed by atoms with Crippen LogP contribution in [0.2, 0.25) is 0 Å². The van der Waals surface area contributed by atoms with Gasteiger partial charge < -0.3 is 10.4 Å². The SMILES string of the molecule is O=C(NCCO)c1nnn(Cc2ccccc2)c1-c1ccccc1. The van der Waals surface area contributed by atoms with E-state index in [9.17, 15) is 4.79 Å². The fourth-order valence-corrected chi connectivity index (χ4v) is 2.47. The number of aliphatic hydroxyl groups is 1. The number of carbonyl (C=O) groups excluding carboxylic acids is 1. The second kappa shape index (κ2) is 7.52. The molecule has 0 fully saturated rings. The zero-order chi connectivity index (χ0) is 16.8. The summed E-state index contributed by atoms with van der Waals surface area (Å²) in [5.41, 5.74) is 2.86. The maximum Gasteiger partial charge on any atom is 0.274 e. The zero-order valence-electron chi connectivity index (χ0n) is 13.1. The third-order valence-corrected chi connectivity index (χ3v) is 3.57. The van der Waals surface area contributed by atoms with E-state index in [1.165, 1.54) is 0 Å².